The summed E-state index contributed by atoms with van der Waals surface area (Å²) in [6.45, 7) is 4.90. The number of carbonyl (C=O) groups is 4. The maximum absolute atomic E-state index is 13.1. The van der Waals surface area contributed by atoms with E-state index < -0.39 is 51.5 Å². The number of aryl methyl sites for hydroxylation is 2. The molecule has 3 rings (SSSR count). The van der Waals surface area contributed by atoms with Gasteiger partial charge in [0.1, 0.15) is 12.6 Å². The maximum atomic E-state index is 13.1. The Bertz CT molecular complexity index is 1520. The Morgan fingerprint density at radius 3 is 1.88 bits per heavy atom. The predicted molar refractivity (Wildman–Crippen MR) is 147 cm³/mol. The van der Waals surface area contributed by atoms with Crippen LogP contribution in [0.5, 0.6) is 0 Å². The van der Waals surface area contributed by atoms with Gasteiger partial charge < -0.3 is 37.2 Å². The van der Waals surface area contributed by atoms with Crippen LogP contribution in [-0.4, -0.2) is 39.0 Å². The fraction of sp³-hybridized carbons (Fsp3) is 0.385. The van der Waals surface area contributed by atoms with Gasteiger partial charge in [-0.1, -0.05) is 30.3 Å². The average molecular weight is 626 g/mol. The molecule has 0 saturated heterocycles. The first-order chi connectivity index (χ1) is 19.8. The zero-order chi connectivity index (χ0) is 30.9. The summed E-state index contributed by atoms with van der Waals surface area (Å²) in [5.74, 6) is -3.40. The molecule has 42 heavy (non-hydrogen) atoms. The molecule has 0 unspecified atom stereocenters. The number of hydrogen-bond donors (Lipinski definition) is 1. The number of rotatable bonds is 12. The van der Waals surface area contributed by atoms with E-state index in [1.165, 1.54) is 27.7 Å². The summed E-state index contributed by atoms with van der Waals surface area (Å²) < 4.78 is 32.9. The summed E-state index contributed by atoms with van der Waals surface area (Å²) in [6, 6.07) is 7.49. The summed E-state index contributed by atoms with van der Waals surface area (Å²) in [5, 5.41) is 0.819. The normalized spacial score (nSPS) is 11.9. The van der Waals surface area contributed by atoms with Gasteiger partial charge in [0.15, 0.2) is 36.3 Å². The molecule has 1 amide bonds. The second-order valence-corrected chi connectivity index (χ2v) is 11.5. The van der Waals surface area contributed by atoms with Gasteiger partial charge in [0.25, 0.3) is 0 Å². The highest BCUT2D eigenvalue weighted by molar-refractivity contribution is 8.15. The van der Waals surface area contributed by atoms with Crippen LogP contribution in [0.25, 0.3) is 0 Å². The monoisotopic (exact) mass is 625 g/mol. The van der Waals surface area contributed by atoms with Gasteiger partial charge in [-0.3, -0.25) is 4.79 Å². The molecule has 0 radical (unpaired) electrons. The molecule has 226 valence electrons. The van der Waals surface area contributed by atoms with Crippen molar-refractivity contribution in [1.82, 2.24) is 5.32 Å². The number of nitrogens with one attached hydrogen (secondary N) is 1. The number of hydrogen-bond acceptors (Lipinski definition) is 15. The average Bonchev–Trinajstić information content (AvgIpc) is 3.44. The van der Waals surface area contributed by atoms with Crippen molar-refractivity contribution in [3.05, 3.63) is 80.2 Å². The van der Waals surface area contributed by atoms with E-state index in [2.05, 4.69) is 5.32 Å². The molecular weight excluding hydrogens is 598 g/mol. The van der Waals surface area contributed by atoms with E-state index in [0.717, 1.165) is 0 Å². The molecule has 14 nitrogen and oxygen atoms in total. The van der Waals surface area contributed by atoms with Crippen LogP contribution in [0.3, 0.4) is 0 Å². The van der Waals surface area contributed by atoms with Crippen LogP contribution in [0.4, 0.5) is 9.59 Å². The molecule has 2 aromatic heterocycles. The predicted octanol–water partition coefficient (Wildman–Crippen LogP) is 3.84. The SMILES string of the molecule is Cc1oc(=O)oc1COC(=O)SC[C@H](NC(=O)C(C)(C)SC(=O)OCc1oc(=O)oc1C)C(=O)OCc1ccccc1. The highest BCUT2D eigenvalue weighted by Crippen LogP contribution is 2.28. The number of ether oxygens (including phenoxy) is 3. The van der Waals surface area contributed by atoms with E-state index in [0.29, 0.717) is 29.1 Å². The van der Waals surface area contributed by atoms with Gasteiger partial charge in [0.05, 0.1) is 4.75 Å². The van der Waals surface area contributed by atoms with Crippen molar-refractivity contribution in [2.24, 2.45) is 0 Å². The lowest BCUT2D eigenvalue weighted by atomic mass is 10.2. The summed E-state index contributed by atoms with van der Waals surface area (Å²) >= 11 is 1.09. The van der Waals surface area contributed by atoms with Crippen molar-refractivity contribution in [1.29, 1.82) is 0 Å². The third-order valence-electron chi connectivity index (χ3n) is 5.38. The highest BCUT2D eigenvalue weighted by Gasteiger charge is 2.36. The number of carbonyl (C=O) groups excluding carboxylic acids is 4. The topological polar surface area (TPSA) is 195 Å². The molecule has 16 heteroatoms. The molecule has 0 aliphatic carbocycles. The second-order valence-electron chi connectivity index (χ2n) is 8.99. The lowest BCUT2D eigenvalue weighted by Crippen LogP contribution is -2.50. The Morgan fingerprint density at radius 1 is 0.810 bits per heavy atom. The summed E-state index contributed by atoms with van der Waals surface area (Å²) in [6.07, 6.45) is 0. The molecule has 1 aromatic carbocycles. The lowest BCUT2D eigenvalue weighted by molar-refractivity contribution is -0.148. The number of esters is 1. The largest absolute Gasteiger partial charge is 0.519 e. The van der Waals surface area contributed by atoms with E-state index in [-0.39, 0.29) is 42.0 Å². The molecule has 1 N–H and O–H groups in total. The van der Waals surface area contributed by atoms with Crippen LogP contribution in [0.1, 0.15) is 42.5 Å². The standard InChI is InChI=1S/C26H27NO13S2/c1-14-18(39-22(30)37-14)11-35-24(32)41-13-17(20(28)34-10-16-8-6-5-7-9-16)27-21(29)26(3,4)42-25(33)36-12-19-15(2)38-23(31)40-19/h5-9,17H,10-13H2,1-4H3,(H,27,29)/t17-/m0/s1. The molecule has 0 aliphatic heterocycles. The van der Waals surface area contributed by atoms with E-state index in [1.54, 1.807) is 30.3 Å². The van der Waals surface area contributed by atoms with E-state index in [1.807, 2.05) is 0 Å². The smallest absolute Gasteiger partial charge is 0.459 e. The minimum absolute atomic E-state index is 0.0198. The second kappa shape index (κ2) is 14.6. The molecule has 1 atom stereocenters. The van der Waals surface area contributed by atoms with Gasteiger partial charge in [0.2, 0.25) is 5.91 Å². The first-order valence-electron chi connectivity index (χ1n) is 12.2. The van der Waals surface area contributed by atoms with Crippen molar-refractivity contribution < 1.29 is 51.1 Å². The van der Waals surface area contributed by atoms with Gasteiger partial charge >= 0.3 is 28.2 Å². The van der Waals surface area contributed by atoms with Crippen LogP contribution in [0.2, 0.25) is 0 Å². The third-order valence-corrected chi connectivity index (χ3v) is 7.21. The molecule has 2 heterocycles. The lowest BCUT2D eigenvalue weighted by Gasteiger charge is -2.25. The Balaban J connectivity index is 1.60. The van der Waals surface area contributed by atoms with E-state index in [9.17, 15) is 28.8 Å². The molecule has 0 fully saturated rings. The van der Waals surface area contributed by atoms with Gasteiger partial charge in [-0.15, -0.1) is 0 Å². The minimum atomic E-state index is -1.44. The third kappa shape index (κ3) is 9.73. The van der Waals surface area contributed by atoms with Gasteiger partial charge in [-0.05, 0) is 56.8 Å². The first-order valence-corrected chi connectivity index (χ1v) is 14.0. The van der Waals surface area contributed by atoms with Gasteiger partial charge in [-0.2, -0.15) is 0 Å². The van der Waals surface area contributed by atoms with Crippen LogP contribution in [0.15, 0.2) is 57.6 Å². The first kappa shape index (κ1) is 32.3. The van der Waals surface area contributed by atoms with Crippen molar-refractivity contribution in [3.8, 4) is 0 Å². The maximum Gasteiger partial charge on any atom is 0.519 e. The summed E-state index contributed by atoms with van der Waals surface area (Å²) in [7, 11) is 0. The van der Waals surface area contributed by atoms with Crippen LogP contribution in [0, 0.1) is 13.8 Å². The Hall–Kier alpha value is -4.18. The highest BCUT2D eigenvalue weighted by atomic mass is 32.2. The summed E-state index contributed by atoms with van der Waals surface area (Å²) in [5.41, 5.74) is 0.697. The van der Waals surface area contributed by atoms with Crippen LogP contribution < -0.4 is 17.0 Å². The quantitative estimate of drug-likeness (QED) is 0.225. The molecular formula is C26H27NO13S2. The van der Waals surface area contributed by atoms with Crippen molar-refractivity contribution >= 4 is 46.0 Å². The van der Waals surface area contributed by atoms with E-state index in [4.69, 9.17) is 31.9 Å². The van der Waals surface area contributed by atoms with E-state index >= 15 is 0 Å². The Kier molecular flexibility index (Phi) is 11.3. The molecule has 0 aliphatic rings. The Morgan fingerprint density at radius 2 is 1.36 bits per heavy atom. The van der Waals surface area contributed by atoms with Crippen LogP contribution in [-0.2, 0) is 43.6 Å². The zero-order valence-electron chi connectivity index (χ0n) is 22.9. The van der Waals surface area contributed by atoms with Crippen molar-refractivity contribution in [2.45, 2.75) is 58.3 Å². The van der Waals surface area contributed by atoms with Crippen LogP contribution >= 0.6 is 23.5 Å². The van der Waals surface area contributed by atoms with Crippen molar-refractivity contribution in [3.63, 3.8) is 0 Å². The molecule has 0 spiro atoms. The van der Waals surface area contributed by atoms with Gasteiger partial charge in [-0.25, -0.2) is 24.0 Å². The number of amides is 1. The molecule has 3 aromatic rings. The molecule has 0 bridgehead atoms. The molecule has 0 saturated carbocycles. The summed E-state index contributed by atoms with van der Waals surface area (Å²) in [4.78, 5) is 73.0. The zero-order valence-corrected chi connectivity index (χ0v) is 24.5. The van der Waals surface area contributed by atoms with Gasteiger partial charge in [0, 0.05) is 5.75 Å². The fourth-order valence-corrected chi connectivity index (χ4v) is 4.42. The minimum Gasteiger partial charge on any atom is -0.459 e. The number of benzene rings is 1. The fourth-order valence-electron chi connectivity index (χ4n) is 3.07. The Labute approximate surface area is 246 Å². The number of thioether (sulfide) groups is 2. The van der Waals surface area contributed by atoms with Crippen molar-refractivity contribution in [2.75, 3.05) is 5.75 Å².